The lowest BCUT2D eigenvalue weighted by atomic mass is 9.97. The summed E-state index contributed by atoms with van der Waals surface area (Å²) >= 11 is 6.13. The summed E-state index contributed by atoms with van der Waals surface area (Å²) in [5.74, 6) is -0.276. The topological polar surface area (TPSA) is 15.3 Å². The van der Waals surface area contributed by atoms with Gasteiger partial charge in [0.25, 0.3) is 0 Å². The highest BCUT2D eigenvalue weighted by atomic mass is 35.5. The minimum absolute atomic E-state index is 0.109. The molecule has 0 spiro atoms. The van der Waals surface area contributed by atoms with Crippen LogP contribution in [0.25, 0.3) is 0 Å². The largest absolute Gasteiger partial charge is 0.309 e. The van der Waals surface area contributed by atoms with E-state index in [4.69, 9.17) is 11.6 Å². The molecule has 106 valence electrons. The highest BCUT2D eigenvalue weighted by Crippen LogP contribution is 2.24. The van der Waals surface area contributed by atoms with Crippen LogP contribution < -0.4 is 5.32 Å². The Morgan fingerprint density at radius 3 is 2.84 bits per heavy atom. The first-order valence-corrected chi connectivity index (χ1v) is 7.22. The number of nitrogens with one attached hydrogen (secondary N) is 1. The standard InChI is InChI=1S/C15H22ClFN2/c1-4-13-8-18-15(2,3)10-19(13)9-11-5-6-12(17)7-14(11)16/h5-7,13,18H,4,8-10H2,1-3H3. The molecule has 0 aromatic heterocycles. The van der Waals surface area contributed by atoms with Gasteiger partial charge in [-0.15, -0.1) is 0 Å². The first kappa shape index (κ1) is 14.8. The van der Waals surface area contributed by atoms with Crippen LogP contribution in [0.2, 0.25) is 5.02 Å². The van der Waals surface area contributed by atoms with Crippen molar-refractivity contribution in [3.63, 3.8) is 0 Å². The van der Waals surface area contributed by atoms with Crippen molar-refractivity contribution >= 4 is 11.6 Å². The van der Waals surface area contributed by atoms with E-state index in [1.807, 2.05) is 0 Å². The Morgan fingerprint density at radius 2 is 2.21 bits per heavy atom. The molecule has 1 atom stereocenters. The minimum atomic E-state index is -0.276. The minimum Gasteiger partial charge on any atom is -0.309 e. The highest BCUT2D eigenvalue weighted by Gasteiger charge is 2.31. The molecule has 1 aromatic rings. The maximum absolute atomic E-state index is 13.1. The van der Waals surface area contributed by atoms with Gasteiger partial charge in [0.05, 0.1) is 0 Å². The Labute approximate surface area is 119 Å². The quantitative estimate of drug-likeness (QED) is 0.915. The van der Waals surface area contributed by atoms with Gasteiger partial charge in [-0.1, -0.05) is 24.6 Å². The molecular weight excluding hydrogens is 263 g/mol. The van der Waals surface area contributed by atoms with Crippen LogP contribution >= 0.6 is 11.6 Å². The Bertz CT molecular complexity index is 448. The molecule has 1 aliphatic heterocycles. The number of hydrogen-bond donors (Lipinski definition) is 1. The van der Waals surface area contributed by atoms with Gasteiger partial charge >= 0.3 is 0 Å². The first-order valence-electron chi connectivity index (χ1n) is 6.84. The van der Waals surface area contributed by atoms with E-state index in [0.29, 0.717) is 11.1 Å². The Morgan fingerprint density at radius 1 is 1.47 bits per heavy atom. The molecule has 4 heteroatoms. The van der Waals surface area contributed by atoms with Crippen LogP contribution in [-0.4, -0.2) is 29.6 Å². The van der Waals surface area contributed by atoms with Gasteiger partial charge in [-0.2, -0.15) is 0 Å². The van der Waals surface area contributed by atoms with Crippen LogP contribution in [0.4, 0.5) is 4.39 Å². The summed E-state index contributed by atoms with van der Waals surface area (Å²) in [5.41, 5.74) is 1.11. The third kappa shape index (κ3) is 3.68. The molecule has 2 nitrogen and oxygen atoms in total. The molecule has 1 unspecified atom stereocenters. The number of hydrogen-bond acceptors (Lipinski definition) is 2. The van der Waals surface area contributed by atoms with Crippen molar-refractivity contribution < 1.29 is 4.39 Å². The van der Waals surface area contributed by atoms with Gasteiger partial charge in [-0.25, -0.2) is 4.39 Å². The van der Waals surface area contributed by atoms with Crippen molar-refractivity contribution in [2.24, 2.45) is 0 Å². The summed E-state index contributed by atoms with van der Waals surface area (Å²) in [4.78, 5) is 2.44. The van der Waals surface area contributed by atoms with Crippen LogP contribution in [0.3, 0.4) is 0 Å². The normalized spacial score (nSPS) is 23.5. The number of halogens is 2. The Kier molecular flexibility index (Phi) is 4.49. The van der Waals surface area contributed by atoms with Crippen LogP contribution in [0.1, 0.15) is 32.8 Å². The lowest BCUT2D eigenvalue weighted by molar-refractivity contribution is 0.0858. The van der Waals surface area contributed by atoms with E-state index < -0.39 is 0 Å². The summed E-state index contributed by atoms with van der Waals surface area (Å²) in [6.45, 7) is 9.35. The molecule has 1 N–H and O–H groups in total. The van der Waals surface area contributed by atoms with E-state index >= 15 is 0 Å². The highest BCUT2D eigenvalue weighted by molar-refractivity contribution is 6.31. The summed E-state index contributed by atoms with van der Waals surface area (Å²) in [5, 5.41) is 4.08. The van der Waals surface area contributed by atoms with E-state index in [0.717, 1.165) is 31.6 Å². The van der Waals surface area contributed by atoms with Crippen molar-refractivity contribution in [3.05, 3.63) is 34.6 Å². The number of rotatable bonds is 3. The number of nitrogens with zero attached hydrogens (tertiary/aromatic N) is 1. The molecule has 0 amide bonds. The van der Waals surface area contributed by atoms with Gasteiger partial charge in [0.15, 0.2) is 0 Å². The lowest BCUT2D eigenvalue weighted by Crippen LogP contribution is -2.61. The molecule has 1 aromatic carbocycles. The van der Waals surface area contributed by atoms with Crippen molar-refractivity contribution in [3.8, 4) is 0 Å². The molecule has 1 heterocycles. The van der Waals surface area contributed by atoms with E-state index in [-0.39, 0.29) is 11.4 Å². The van der Waals surface area contributed by atoms with Gasteiger partial charge < -0.3 is 5.32 Å². The van der Waals surface area contributed by atoms with E-state index in [1.54, 1.807) is 6.07 Å². The zero-order chi connectivity index (χ0) is 14.0. The molecule has 0 saturated carbocycles. The van der Waals surface area contributed by atoms with Gasteiger partial charge in [0.2, 0.25) is 0 Å². The Balaban J connectivity index is 2.14. The maximum Gasteiger partial charge on any atom is 0.124 e. The predicted molar refractivity (Wildman–Crippen MR) is 78.0 cm³/mol. The zero-order valence-electron chi connectivity index (χ0n) is 11.8. The third-order valence-electron chi connectivity index (χ3n) is 3.79. The van der Waals surface area contributed by atoms with Crippen molar-refractivity contribution in [2.75, 3.05) is 13.1 Å². The van der Waals surface area contributed by atoms with Gasteiger partial charge in [0.1, 0.15) is 5.82 Å². The second kappa shape index (κ2) is 5.78. The smallest absolute Gasteiger partial charge is 0.124 e. The van der Waals surface area contributed by atoms with E-state index in [9.17, 15) is 4.39 Å². The summed E-state index contributed by atoms with van der Waals surface area (Å²) < 4.78 is 13.1. The van der Waals surface area contributed by atoms with Gasteiger partial charge in [0, 0.05) is 36.2 Å². The van der Waals surface area contributed by atoms with Crippen molar-refractivity contribution in [2.45, 2.75) is 45.3 Å². The molecule has 2 rings (SSSR count). The van der Waals surface area contributed by atoms with Crippen molar-refractivity contribution in [1.29, 1.82) is 0 Å². The molecule has 19 heavy (non-hydrogen) atoms. The first-order chi connectivity index (χ1) is 8.91. The average molecular weight is 285 g/mol. The maximum atomic E-state index is 13.1. The lowest BCUT2D eigenvalue weighted by Gasteiger charge is -2.44. The van der Waals surface area contributed by atoms with Gasteiger partial charge in [-0.05, 0) is 38.0 Å². The Hall–Kier alpha value is -0.640. The zero-order valence-corrected chi connectivity index (χ0v) is 12.6. The number of benzene rings is 1. The van der Waals surface area contributed by atoms with Crippen LogP contribution in [0, 0.1) is 5.82 Å². The fourth-order valence-corrected chi connectivity index (χ4v) is 2.90. The molecule has 0 aliphatic carbocycles. The van der Waals surface area contributed by atoms with Crippen LogP contribution in [0.5, 0.6) is 0 Å². The van der Waals surface area contributed by atoms with Crippen LogP contribution in [0.15, 0.2) is 18.2 Å². The molecule has 0 bridgehead atoms. The average Bonchev–Trinajstić information content (AvgIpc) is 2.32. The molecular formula is C15H22ClFN2. The monoisotopic (exact) mass is 284 g/mol. The van der Waals surface area contributed by atoms with E-state index in [1.165, 1.54) is 12.1 Å². The van der Waals surface area contributed by atoms with Crippen molar-refractivity contribution in [1.82, 2.24) is 10.2 Å². The summed E-state index contributed by atoms with van der Waals surface area (Å²) in [6.07, 6.45) is 1.10. The summed E-state index contributed by atoms with van der Waals surface area (Å²) in [7, 11) is 0. The summed E-state index contributed by atoms with van der Waals surface area (Å²) in [6, 6.07) is 5.18. The molecule has 1 saturated heterocycles. The second-order valence-corrected chi connectivity index (χ2v) is 6.37. The molecule has 1 aliphatic rings. The fraction of sp³-hybridized carbons (Fsp3) is 0.600. The fourth-order valence-electron chi connectivity index (χ4n) is 2.67. The SMILES string of the molecule is CCC1CNC(C)(C)CN1Cc1ccc(F)cc1Cl. The van der Waals surface area contributed by atoms with Gasteiger partial charge in [-0.3, -0.25) is 4.90 Å². The van der Waals surface area contributed by atoms with E-state index in [2.05, 4.69) is 31.0 Å². The molecule has 0 radical (unpaired) electrons. The third-order valence-corrected chi connectivity index (χ3v) is 4.14. The number of piperazine rings is 1. The second-order valence-electron chi connectivity index (χ2n) is 5.97. The predicted octanol–water partition coefficient (Wildman–Crippen LogP) is 3.44. The molecule has 1 fully saturated rings. The van der Waals surface area contributed by atoms with Crippen LogP contribution in [-0.2, 0) is 6.54 Å².